The lowest BCUT2D eigenvalue weighted by atomic mass is 10.00. The Morgan fingerprint density at radius 1 is 1.50 bits per heavy atom. The van der Waals surface area contributed by atoms with Gasteiger partial charge in [0.25, 0.3) is 0 Å². The van der Waals surface area contributed by atoms with Crippen LogP contribution in [0.2, 0.25) is 0 Å². The Morgan fingerprint density at radius 3 is 2.75 bits per heavy atom. The molecule has 0 spiro atoms. The van der Waals surface area contributed by atoms with E-state index in [0.29, 0.717) is 0 Å². The molecule has 64 valence electrons. The van der Waals surface area contributed by atoms with E-state index in [2.05, 4.69) is 25.6 Å². The molecule has 1 heteroatoms. The van der Waals surface area contributed by atoms with Gasteiger partial charge in [0.1, 0.15) is 0 Å². The van der Waals surface area contributed by atoms with Gasteiger partial charge in [-0.15, -0.1) is 6.58 Å². The maximum Gasteiger partial charge on any atom is 0.0332 e. The number of aryl methyl sites for hydroxylation is 1. The summed E-state index contributed by atoms with van der Waals surface area (Å²) in [5.41, 5.74) is 8.41. The minimum atomic E-state index is 0.101. The molecule has 0 amide bonds. The summed E-state index contributed by atoms with van der Waals surface area (Å²) in [4.78, 5) is 0. The van der Waals surface area contributed by atoms with Crippen LogP contribution in [0, 0.1) is 6.92 Å². The first-order chi connectivity index (χ1) is 5.75. The monoisotopic (exact) mass is 161 g/mol. The Hall–Kier alpha value is -1.08. The fourth-order valence-corrected chi connectivity index (χ4v) is 1.31. The molecule has 1 rings (SSSR count). The molecule has 0 unspecified atom stereocenters. The van der Waals surface area contributed by atoms with Crippen LogP contribution in [0.5, 0.6) is 0 Å². The third-order valence-electron chi connectivity index (χ3n) is 2.01. The topological polar surface area (TPSA) is 26.0 Å². The number of benzene rings is 1. The van der Waals surface area contributed by atoms with Gasteiger partial charge in [-0.25, -0.2) is 0 Å². The molecule has 0 heterocycles. The molecule has 1 atom stereocenters. The second kappa shape index (κ2) is 4.07. The quantitative estimate of drug-likeness (QED) is 0.677. The van der Waals surface area contributed by atoms with Crippen molar-refractivity contribution in [1.29, 1.82) is 0 Å². The molecule has 0 aliphatic heterocycles. The second-order valence-electron chi connectivity index (χ2n) is 2.99. The van der Waals surface area contributed by atoms with Crippen LogP contribution in [0.15, 0.2) is 36.9 Å². The zero-order chi connectivity index (χ0) is 8.97. The first-order valence-electron chi connectivity index (χ1n) is 4.17. The largest absolute Gasteiger partial charge is 0.324 e. The lowest BCUT2D eigenvalue weighted by Crippen LogP contribution is -2.10. The van der Waals surface area contributed by atoms with Gasteiger partial charge >= 0.3 is 0 Å². The van der Waals surface area contributed by atoms with Crippen LogP contribution in [0.1, 0.15) is 23.6 Å². The van der Waals surface area contributed by atoms with E-state index in [4.69, 9.17) is 5.73 Å². The standard InChI is InChI=1S/C11H15N/c1-3-6-11(12)10-8-5-4-7-9(10)2/h3-5,7-8,11H,1,6,12H2,2H3/t11-/m0/s1. The average molecular weight is 161 g/mol. The van der Waals surface area contributed by atoms with Crippen LogP contribution in [0.4, 0.5) is 0 Å². The van der Waals surface area contributed by atoms with Crippen molar-refractivity contribution in [1.82, 2.24) is 0 Å². The molecule has 0 aromatic heterocycles. The van der Waals surface area contributed by atoms with E-state index < -0.39 is 0 Å². The minimum Gasteiger partial charge on any atom is -0.324 e. The zero-order valence-electron chi connectivity index (χ0n) is 7.46. The number of hydrogen-bond donors (Lipinski definition) is 1. The molecule has 0 saturated heterocycles. The van der Waals surface area contributed by atoms with Crippen LogP contribution in [-0.2, 0) is 0 Å². The van der Waals surface area contributed by atoms with Crippen LogP contribution < -0.4 is 5.73 Å². The molecule has 2 N–H and O–H groups in total. The van der Waals surface area contributed by atoms with Gasteiger partial charge in [0.05, 0.1) is 0 Å². The fraction of sp³-hybridized carbons (Fsp3) is 0.273. The van der Waals surface area contributed by atoms with Gasteiger partial charge in [-0.2, -0.15) is 0 Å². The van der Waals surface area contributed by atoms with Gasteiger partial charge in [-0.3, -0.25) is 0 Å². The van der Waals surface area contributed by atoms with Gasteiger partial charge in [0.2, 0.25) is 0 Å². The van der Waals surface area contributed by atoms with Crippen molar-refractivity contribution in [3.63, 3.8) is 0 Å². The molecular weight excluding hydrogens is 146 g/mol. The predicted molar refractivity (Wildman–Crippen MR) is 52.9 cm³/mol. The van der Waals surface area contributed by atoms with E-state index in [1.54, 1.807) is 0 Å². The molecule has 0 fully saturated rings. The molecule has 0 saturated carbocycles. The first kappa shape index (κ1) is 9.01. The Labute approximate surface area is 73.9 Å². The summed E-state index contributed by atoms with van der Waals surface area (Å²) in [6.45, 7) is 5.76. The summed E-state index contributed by atoms with van der Waals surface area (Å²) < 4.78 is 0. The lowest BCUT2D eigenvalue weighted by molar-refractivity contribution is 0.736. The number of rotatable bonds is 3. The van der Waals surface area contributed by atoms with Gasteiger partial charge in [-0.05, 0) is 24.5 Å². The normalized spacial score (nSPS) is 12.5. The summed E-state index contributed by atoms with van der Waals surface area (Å²) in [7, 11) is 0. The highest BCUT2D eigenvalue weighted by Crippen LogP contribution is 2.17. The van der Waals surface area contributed by atoms with E-state index in [1.165, 1.54) is 11.1 Å². The smallest absolute Gasteiger partial charge is 0.0332 e. The lowest BCUT2D eigenvalue weighted by Gasteiger charge is -2.11. The van der Waals surface area contributed by atoms with Crippen molar-refractivity contribution < 1.29 is 0 Å². The van der Waals surface area contributed by atoms with E-state index in [-0.39, 0.29) is 6.04 Å². The SMILES string of the molecule is C=CC[C@H](N)c1ccccc1C. The van der Waals surface area contributed by atoms with Gasteiger partial charge in [0, 0.05) is 6.04 Å². The van der Waals surface area contributed by atoms with Crippen LogP contribution >= 0.6 is 0 Å². The third-order valence-corrected chi connectivity index (χ3v) is 2.01. The Balaban J connectivity index is 2.86. The molecule has 0 radical (unpaired) electrons. The molecule has 0 aliphatic rings. The maximum absolute atomic E-state index is 5.94. The highest BCUT2D eigenvalue weighted by molar-refractivity contribution is 5.28. The number of hydrogen-bond acceptors (Lipinski definition) is 1. The van der Waals surface area contributed by atoms with E-state index in [9.17, 15) is 0 Å². The first-order valence-corrected chi connectivity index (χ1v) is 4.17. The van der Waals surface area contributed by atoms with Gasteiger partial charge < -0.3 is 5.73 Å². The Morgan fingerprint density at radius 2 is 2.17 bits per heavy atom. The van der Waals surface area contributed by atoms with Crippen molar-refractivity contribution >= 4 is 0 Å². The summed E-state index contributed by atoms with van der Waals surface area (Å²) >= 11 is 0. The maximum atomic E-state index is 5.94. The highest BCUT2D eigenvalue weighted by atomic mass is 14.6. The fourth-order valence-electron chi connectivity index (χ4n) is 1.31. The summed E-state index contributed by atoms with van der Waals surface area (Å²) in [5.74, 6) is 0. The van der Waals surface area contributed by atoms with Crippen LogP contribution in [-0.4, -0.2) is 0 Å². The number of nitrogens with two attached hydrogens (primary N) is 1. The molecular formula is C11H15N. The van der Waals surface area contributed by atoms with E-state index in [0.717, 1.165) is 6.42 Å². The van der Waals surface area contributed by atoms with Gasteiger partial charge in [0.15, 0.2) is 0 Å². The van der Waals surface area contributed by atoms with Crippen molar-refractivity contribution in [3.8, 4) is 0 Å². The Kier molecular flexibility index (Phi) is 3.06. The minimum absolute atomic E-state index is 0.101. The van der Waals surface area contributed by atoms with Crippen molar-refractivity contribution in [2.45, 2.75) is 19.4 Å². The predicted octanol–water partition coefficient (Wildman–Crippen LogP) is 2.57. The van der Waals surface area contributed by atoms with Gasteiger partial charge in [-0.1, -0.05) is 30.3 Å². The van der Waals surface area contributed by atoms with Crippen molar-refractivity contribution in [2.75, 3.05) is 0 Å². The van der Waals surface area contributed by atoms with Crippen LogP contribution in [0.25, 0.3) is 0 Å². The molecule has 1 aromatic carbocycles. The highest BCUT2D eigenvalue weighted by Gasteiger charge is 2.04. The van der Waals surface area contributed by atoms with E-state index in [1.807, 2.05) is 18.2 Å². The van der Waals surface area contributed by atoms with Crippen LogP contribution in [0.3, 0.4) is 0 Å². The average Bonchev–Trinajstić information content (AvgIpc) is 2.05. The summed E-state index contributed by atoms with van der Waals surface area (Å²) in [5, 5.41) is 0. The molecule has 0 aliphatic carbocycles. The molecule has 12 heavy (non-hydrogen) atoms. The zero-order valence-corrected chi connectivity index (χ0v) is 7.46. The van der Waals surface area contributed by atoms with Crippen molar-refractivity contribution in [2.24, 2.45) is 5.73 Å². The summed E-state index contributed by atoms with van der Waals surface area (Å²) in [6, 6.07) is 8.30. The third kappa shape index (κ3) is 1.95. The molecule has 1 aromatic rings. The van der Waals surface area contributed by atoms with E-state index >= 15 is 0 Å². The molecule has 0 bridgehead atoms. The Bertz CT molecular complexity index is 265. The summed E-state index contributed by atoms with van der Waals surface area (Å²) in [6.07, 6.45) is 2.70. The second-order valence-corrected chi connectivity index (χ2v) is 2.99. The van der Waals surface area contributed by atoms with Crippen molar-refractivity contribution in [3.05, 3.63) is 48.0 Å². The molecule has 1 nitrogen and oxygen atoms in total.